The number of benzene rings is 1. The first-order valence-corrected chi connectivity index (χ1v) is 7.56. The number of carbonyl (C=O) groups excluding carboxylic acids is 2. The first-order chi connectivity index (χ1) is 9.25. The molecule has 5 nitrogen and oxygen atoms in total. The Kier molecular flexibility index (Phi) is 3.31. The summed E-state index contributed by atoms with van der Waals surface area (Å²) in [7, 11) is 0. The molecule has 2 heterocycles. The molecule has 1 aliphatic heterocycles. The predicted molar refractivity (Wildman–Crippen MR) is 75.2 cm³/mol. The summed E-state index contributed by atoms with van der Waals surface area (Å²) in [5, 5.41) is 5.83. The number of amides is 2. The van der Waals surface area contributed by atoms with Gasteiger partial charge < -0.3 is 0 Å². The number of rotatable bonds is 2. The third-order valence-electron chi connectivity index (χ3n) is 2.73. The van der Waals surface area contributed by atoms with Gasteiger partial charge in [-0.2, -0.15) is 0 Å². The summed E-state index contributed by atoms with van der Waals surface area (Å²) in [5.74, 6) is 0.376. The number of hydrogen-bond donors (Lipinski definition) is 0. The van der Waals surface area contributed by atoms with Crippen LogP contribution in [-0.2, 0) is 9.59 Å². The van der Waals surface area contributed by atoms with E-state index in [1.807, 2.05) is 17.5 Å². The van der Waals surface area contributed by atoms with E-state index in [4.69, 9.17) is 0 Å². The van der Waals surface area contributed by atoms with Crippen molar-refractivity contribution < 1.29 is 9.59 Å². The zero-order valence-corrected chi connectivity index (χ0v) is 11.4. The normalized spacial score (nSPS) is 15.9. The minimum atomic E-state index is -0.163. The maximum absolute atomic E-state index is 11.8. The fourth-order valence-electron chi connectivity index (χ4n) is 1.85. The Labute approximate surface area is 117 Å². The van der Waals surface area contributed by atoms with Crippen LogP contribution in [0.25, 0.3) is 11.3 Å². The highest BCUT2D eigenvalue weighted by Crippen LogP contribution is 2.25. The zero-order valence-electron chi connectivity index (χ0n) is 9.78. The average Bonchev–Trinajstić information content (AvgIpc) is 2.93. The van der Waals surface area contributed by atoms with Crippen molar-refractivity contribution >= 4 is 40.8 Å². The summed E-state index contributed by atoms with van der Waals surface area (Å²) in [4.78, 5) is 24.8. The third kappa shape index (κ3) is 2.39. The van der Waals surface area contributed by atoms with Gasteiger partial charge in [0, 0.05) is 10.9 Å². The van der Waals surface area contributed by atoms with Crippen molar-refractivity contribution in [1.82, 2.24) is 9.59 Å². The first kappa shape index (κ1) is 12.3. The molecule has 1 aromatic carbocycles. The molecule has 0 aliphatic carbocycles. The van der Waals surface area contributed by atoms with Crippen molar-refractivity contribution in [3.8, 4) is 11.3 Å². The molecule has 0 radical (unpaired) electrons. The standard InChI is InChI=1S/C12H9N3O2S2/c16-11-6-18-7-12(17)15(11)9-3-1-8(2-4-9)10-5-19-14-13-10/h1-5H,6-7H2. The van der Waals surface area contributed by atoms with Gasteiger partial charge in [0.05, 0.1) is 17.2 Å². The van der Waals surface area contributed by atoms with Gasteiger partial charge >= 0.3 is 0 Å². The van der Waals surface area contributed by atoms with Crippen LogP contribution in [0.3, 0.4) is 0 Å². The number of nitrogens with zero attached hydrogens (tertiary/aromatic N) is 3. The summed E-state index contributed by atoms with van der Waals surface area (Å²) < 4.78 is 3.81. The van der Waals surface area contributed by atoms with Crippen LogP contribution in [-0.4, -0.2) is 32.9 Å². The van der Waals surface area contributed by atoms with Gasteiger partial charge in [-0.25, -0.2) is 4.90 Å². The van der Waals surface area contributed by atoms with E-state index in [1.165, 1.54) is 28.2 Å². The molecule has 96 valence electrons. The molecule has 0 saturated carbocycles. The van der Waals surface area contributed by atoms with E-state index in [0.717, 1.165) is 11.3 Å². The summed E-state index contributed by atoms with van der Waals surface area (Å²) >= 11 is 2.64. The Morgan fingerprint density at radius 1 is 1.05 bits per heavy atom. The van der Waals surface area contributed by atoms with E-state index in [9.17, 15) is 9.59 Å². The number of imide groups is 1. The van der Waals surface area contributed by atoms with Crippen LogP contribution in [0.2, 0.25) is 0 Å². The molecule has 3 rings (SSSR count). The SMILES string of the molecule is O=C1CSCC(=O)N1c1ccc(-c2csnn2)cc1. The molecule has 7 heteroatoms. The molecule has 0 N–H and O–H groups in total. The molecular formula is C12H9N3O2S2. The van der Waals surface area contributed by atoms with Gasteiger partial charge in [-0.3, -0.25) is 9.59 Å². The lowest BCUT2D eigenvalue weighted by atomic mass is 10.1. The number of anilines is 1. The highest BCUT2D eigenvalue weighted by molar-refractivity contribution is 8.00. The van der Waals surface area contributed by atoms with Gasteiger partial charge in [0.2, 0.25) is 11.8 Å². The lowest BCUT2D eigenvalue weighted by Gasteiger charge is -2.24. The van der Waals surface area contributed by atoms with Gasteiger partial charge in [-0.1, -0.05) is 16.6 Å². The second-order valence-electron chi connectivity index (χ2n) is 3.95. The minimum absolute atomic E-state index is 0.163. The number of thioether (sulfide) groups is 1. The smallest absolute Gasteiger partial charge is 0.243 e. The van der Waals surface area contributed by atoms with Crippen molar-refractivity contribution in [2.24, 2.45) is 0 Å². The molecule has 1 saturated heterocycles. The molecule has 1 aliphatic rings. The van der Waals surface area contributed by atoms with Crippen LogP contribution in [0.15, 0.2) is 29.6 Å². The zero-order chi connectivity index (χ0) is 13.2. The lowest BCUT2D eigenvalue weighted by molar-refractivity contribution is -0.124. The fraction of sp³-hybridized carbons (Fsp3) is 0.167. The largest absolute Gasteiger partial charge is 0.273 e. The quantitative estimate of drug-likeness (QED) is 0.790. The van der Waals surface area contributed by atoms with Gasteiger partial charge in [0.25, 0.3) is 0 Å². The van der Waals surface area contributed by atoms with E-state index in [-0.39, 0.29) is 11.8 Å². The molecule has 2 aromatic rings. The second kappa shape index (κ2) is 5.10. The van der Waals surface area contributed by atoms with Crippen molar-refractivity contribution in [3.05, 3.63) is 29.6 Å². The molecule has 2 amide bonds. The van der Waals surface area contributed by atoms with E-state index < -0.39 is 0 Å². The Morgan fingerprint density at radius 3 is 2.32 bits per heavy atom. The minimum Gasteiger partial charge on any atom is -0.273 e. The van der Waals surface area contributed by atoms with Crippen molar-refractivity contribution in [1.29, 1.82) is 0 Å². The van der Waals surface area contributed by atoms with Crippen molar-refractivity contribution in [2.45, 2.75) is 0 Å². The van der Waals surface area contributed by atoms with E-state index >= 15 is 0 Å². The summed E-state index contributed by atoms with van der Waals surface area (Å²) in [6.07, 6.45) is 0. The van der Waals surface area contributed by atoms with E-state index in [2.05, 4.69) is 9.59 Å². The van der Waals surface area contributed by atoms with E-state index in [1.54, 1.807) is 12.1 Å². The summed E-state index contributed by atoms with van der Waals surface area (Å²) in [6, 6.07) is 7.21. The average molecular weight is 291 g/mol. The van der Waals surface area contributed by atoms with Crippen LogP contribution in [0.5, 0.6) is 0 Å². The number of aromatic nitrogens is 2. The topological polar surface area (TPSA) is 63.2 Å². The van der Waals surface area contributed by atoms with Crippen LogP contribution < -0.4 is 4.90 Å². The van der Waals surface area contributed by atoms with Gasteiger partial charge in [-0.05, 0) is 23.7 Å². The molecule has 0 atom stereocenters. The maximum atomic E-state index is 11.8. The van der Waals surface area contributed by atoms with Gasteiger partial charge in [0.15, 0.2) is 0 Å². The fourth-order valence-corrected chi connectivity index (χ4v) is 3.03. The lowest BCUT2D eigenvalue weighted by Crippen LogP contribution is -2.43. The van der Waals surface area contributed by atoms with Gasteiger partial charge in [-0.15, -0.1) is 16.9 Å². The van der Waals surface area contributed by atoms with Crippen molar-refractivity contribution in [2.75, 3.05) is 16.4 Å². The van der Waals surface area contributed by atoms with Crippen LogP contribution in [0.1, 0.15) is 0 Å². The van der Waals surface area contributed by atoms with Crippen LogP contribution >= 0.6 is 23.3 Å². The molecule has 19 heavy (non-hydrogen) atoms. The summed E-state index contributed by atoms with van der Waals surface area (Å²) in [5.41, 5.74) is 2.33. The molecule has 1 aromatic heterocycles. The highest BCUT2D eigenvalue weighted by atomic mass is 32.2. The summed E-state index contributed by atoms with van der Waals surface area (Å²) in [6.45, 7) is 0. The number of hydrogen-bond acceptors (Lipinski definition) is 6. The van der Waals surface area contributed by atoms with Crippen molar-refractivity contribution in [3.63, 3.8) is 0 Å². The Hall–Kier alpha value is -1.73. The molecular weight excluding hydrogens is 282 g/mol. The Morgan fingerprint density at radius 2 is 1.74 bits per heavy atom. The highest BCUT2D eigenvalue weighted by Gasteiger charge is 2.27. The maximum Gasteiger partial charge on any atom is 0.243 e. The first-order valence-electron chi connectivity index (χ1n) is 5.57. The van der Waals surface area contributed by atoms with Crippen LogP contribution in [0, 0.1) is 0 Å². The molecule has 0 spiro atoms. The second-order valence-corrected chi connectivity index (χ2v) is 5.55. The molecule has 0 bridgehead atoms. The Balaban J connectivity index is 1.90. The Bertz CT molecular complexity index is 594. The monoisotopic (exact) mass is 291 g/mol. The molecule has 0 unspecified atom stereocenters. The third-order valence-corrected chi connectivity index (χ3v) is 4.14. The molecule has 1 fully saturated rings. The predicted octanol–water partition coefficient (Wildman–Crippen LogP) is 1.81. The van der Waals surface area contributed by atoms with Crippen LogP contribution in [0.4, 0.5) is 5.69 Å². The van der Waals surface area contributed by atoms with Gasteiger partial charge in [0.1, 0.15) is 5.69 Å². The van der Waals surface area contributed by atoms with E-state index in [0.29, 0.717) is 17.2 Å². The number of carbonyl (C=O) groups is 2.